The van der Waals surface area contributed by atoms with Crippen LogP contribution in [0, 0.1) is 0 Å². The van der Waals surface area contributed by atoms with E-state index < -0.39 is 0 Å². The SMILES string of the molecule is [3H]c1cc2nc3ccccc3cc2c(O)c1[3H]. The van der Waals surface area contributed by atoms with E-state index >= 15 is 0 Å². The fraction of sp³-hybridized carbons (Fsp3) is 0. The Morgan fingerprint density at radius 3 is 2.93 bits per heavy atom. The molecule has 0 fully saturated rings. The summed E-state index contributed by atoms with van der Waals surface area (Å²) in [6, 6.07) is 10.7. The topological polar surface area (TPSA) is 33.1 Å². The Balaban J connectivity index is 2.52. The third-order valence-corrected chi connectivity index (χ3v) is 2.41. The van der Waals surface area contributed by atoms with Gasteiger partial charge in [0.2, 0.25) is 0 Å². The molecule has 1 heterocycles. The van der Waals surface area contributed by atoms with Crippen molar-refractivity contribution in [3.8, 4) is 5.75 Å². The van der Waals surface area contributed by atoms with Crippen LogP contribution >= 0.6 is 0 Å². The predicted octanol–water partition coefficient (Wildman–Crippen LogP) is 3.09. The van der Waals surface area contributed by atoms with Crippen LogP contribution in [0.25, 0.3) is 21.8 Å². The van der Waals surface area contributed by atoms with Gasteiger partial charge in [-0.3, -0.25) is 0 Å². The summed E-state index contributed by atoms with van der Waals surface area (Å²) in [5.41, 5.74) is 1.36. The molecule has 0 amide bonds. The van der Waals surface area contributed by atoms with Crippen LogP contribution in [0.3, 0.4) is 0 Å². The number of aromatic hydroxyl groups is 1. The van der Waals surface area contributed by atoms with Crippen LogP contribution in [0.5, 0.6) is 5.75 Å². The lowest BCUT2D eigenvalue weighted by molar-refractivity contribution is 0.481. The van der Waals surface area contributed by atoms with Gasteiger partial charge in [0.15, 0.2) is 0 Å². The summed E-state index contributed by atoms with van der Waals surface area (Å²) in [5.74, 6) is -0.175. The van der Waals surface area contributed by atoms with E-state index in [1.54, 1.807) is 6.07 Å². The maximum absolute atomic E-state index is 9.85. The van der Waals surface area contributed by atoms with Crippen molar-refractivity contribution in [3.63, 3.8) is 0 Å². The van der Waals surface area contributed by atoms with Gasteiger partial charge in [-0.2, -0.15) is 0 Å². The summed E-state index contributed by atoms with van der Waals surface area (Å²) in [5, 5.41) is 11.3. The minimum Gasteiger partial charge on any atom is -0.507 e. The van der Waals surface area contributed by atoms with Crippen LogP contribution < -0.4 is 0 Å². The lowest BCUT2D eigenvalue weighted by Crippen LogP contribution is -1.81. The maximum Gasteiger partial charge on any atom is 0.124 e. The van der Waals surface area contributed by atoms with Gasteiger partial charge in [-0.25, -0.2) is 4.98 Å². The smallest absolute Gasteiger partial charge is 0.124 e. The van der Waals surface area contributed by atoms with Gasteiger partial charge in [-0.15, -0.1) is 0 Å². The Morgan fingerprint density at radius 1 is 1.13 bits per heavy atom. The van der Waals surface area contributed by atoms with Crippen LogP contribution in [0.2, 0.25) is 0 Å². The normalized spacial score (nSPS) is 12.8. The van der Waals surface area contributed by atoms with Crippen molar-refractivity contribution < 1.29 is 7.85 Å². The van der Waals surface area contributed by atoms with Crippen molar-refractivity contribution in [1.29, 1.82) is 0 Å². The molecule has 0 aliphatic heterocycles. The third-order valence-electron chi connectivity index (χ3n) is 2.41. The number of fused-ring (bicyclic) bond motifs is 2. The van der Waals surface area contributed by atoms with E-state index in [0.717, 1.165) is 10.9 Å². The van der Waals surface area contributed by atoms with E-state index in [4.69, 9.17) is 2.74 Å². The molecule has 2 heteroatoms. The molecular weight excluding hydrogens is 186 g/mol. The highest BCUT2D eigenvalue weighted by Gasteiger charge is 2.01. The lowest BCUT2D eigenvalue weighted by atomic mass is 10.1. The summed E-state index contributed by atoms with van der Waals surface area (Å²) < 4.78 is 15.1. The standard InChI is InChI=1S/C13H9NO/c15-13-7-3-6-12-10(13)8-9-4-1-2-5-11(9)14-12/h1-8,15H/i3T,7T. The highest BCUT2D eigenvalue weighted by atomic mass is 16.3. The van der Waals surface area contributed by atoms with E-state index in [2.05, 4.69) is 4.98 Å². The van der Waals surface area contributed by atoms with Gasteiger partial charge in [0, 0.05) is 10.8 Å². The molecule has 1 aromatic heterocycles. The number of pyridine rings is 1. The average Bonchev–Trinajstić information content (AvgIpc) is 2.34. The number of aromatic nitrogens is 1. The molecule has 0 unspecified atom stereocenters. The minimum absolute atomic E-state index is 0.0159. The zero-order valence-corrected chi connectivity index (χ0v) is 7.86. The van der Waals surface area contributed by atoms with E-state index in [0.29, 0.717) is 10.9 Å². The van der Waals surface area contributed by atoms with Crippen LogP contribution in [0.1, 0.15) is 2.74 Å². The molecule has 0 radical (unpaired) electrons. The zero-order valence-electron chi connectivity index (χ0n) is 9.86. The first-order chi connectivity index (χ1) is 8.16. The second kappa shape index (κ2) is 2.95. The summed E-state index contributed by atoms with van der Waals surface area (Å²) in [4.78, 5) is 4.38. The minimum atomic E-state index is -0.175. The van der Waals surface area contributed by atoms with Gasteiger partial charge in [0.1, 0.15) is 5.75 Å². The molecule has 3 rings (SSSR count). The summed E-state index contributed by atoms with van der Waals surface area (Å²) in [6.45, 7) is 0. The molecule has 2 nitrogen and oxygen atoms in total. The number of rotatable bonds is 0. The Morgan fingerprint density at radius 2 is 2.00 bits per heavy atom. The molecule has 0 aliphatic carbocycles. The fourth-order valence-electron chi connectivity index (χ4n) is 1.67. The molecule has 1 N–H and O–H groups in total. The second-order valence-corrected chi connectivity index (χ2v) is 3.38. The predicted molar refractivity (Wildman–Crippen MR) is 60.9 cm³/mol. The van der Waals surface area contributed by atoms with Crippen molar-refractivity contribution in [2.24, 2.45) is 0 Å². The van der Waals surface area contributed by atoms with E-state index in [1.165, 1.54) is 6.07 Å². The molecule has 72 valence electrons. The highest BCUT2D eigenvalue weighted by molar-refractivity contribution is 5.95. The summed E-state index contributed by atoms with van der Waals surface area (Å²) in [7, 11) is 0. The molecule has 0 atom stereocenters. The van der Waals surface area contributed by atoms with Crippen LogP contribution in [-0.4, -0.2) is 10.1 Å². The molecule has 0 spiro atoms. The zero-order chi connectivity index (χ0) is 12.0. The number of phenolic OH excluding ortho intramolecular Hbond substituents is 1. The quantitative estimate of drug-likeness (QED) is 0.564. The first kappa shape index (κ1) is 6.40. The number of hydrogen-bond donors (Lipinski definition) is 1. The fourth-order valence-corrected chi connectivity index (χ4v) is 1.67. The Bertz CT molecular complexity index is 740. The number of para-hydroxylation sites is 1. The monoisotopic (exact) mass is 199 g/mol. The van der Waals surface area contributed by atoms with Crippen LogP contribution in [0.15, 0.2) is 48.5 Å². The average molecular weight is 199 g/mol. The maximum atomic E-state index is 9.85. The van der Waals surface area contributed by atoms with Gasteiger partial charge in [0.05, 0.1) is 13.8 Å². The lowest BCUT2D eigenvalue weighted by Gasteiger charge is -2.02. The first-order valence-corrected chi connectivity index (χ1v) is 4.65. The number of phenols is 1. The van der Waals surface area contributed by atoms with Crippen LogP contribution in [0.4, 0.5) is 0 Å². The van der Waals surface area contributed by atoms with Crippen molar-refractivity contribution in [3.05, 3.63) is 48.5 Å². The molecule has 0 saturated heterocycles. The largest absolute Gasteiger partial charge is 0.507 e. The van der Waals surface area contributed by atoms with Crippen molar-refractivity contribution in [2.45, 2.75) is 0 Å². The van der Waals surface area contributed by atoms with Gasteiger partial charge < -0.3 is 5.11 Å². The van der Waals surface area contributed by atoms with Gasteiger partial charge in [0.25, 0.3) is 0 Å². The van der Waals surface area contributed by atoms with Gasteiger partial charge >= 0.3 is 0 Å². The molecule has 3 aromatic rings. The van der Waals surface area contributed by atoms with Gasteiger partial charge in [-0.1, -0.05) is 24.2 Å². The first-order valence-electron chi connectivity index (χ1n) is 5.65. The van der Waals surface area contributed by atoms with E-state index in [-0.39, 0.29) is 17.8 Å². The Hall–Kier alpha value is -2.09. The van der Waals surface area contributed by atoms with Crippen LogP contribution in [-0.2, 0) is 0 Å². The van der Waals surface area contributed by atoms with Gasteiger partial charge in [-0.05, 0) is 24.2 Å². The third kappa shape index (κ3) is 1.22. The molecule has 0 aliphatic rings. The number of hydrogen-bond acceptors (Lipinski definition) is 2. The molecule has 15 heavy (non-hydrogen) atoms. The Labute approximate surface area is 89.6 Å². The molecule has 2 aromatic carbocycles. The highest BCUT2D eigenvalue weighted by Crippen LogP contribution is 2.26. The Kier molecular flexibility index (Phi) is 1.26. The molecule has 0 saturated carbocycles. The molecular formula is C13H9NO. The summed E-state index contributed by atoms with van der Waals surface area (Å²) in [6.07, 6.45) is 0. The number of benzene rings is 2. The second-order valence-electron chi connectivity index (χ2n) is 3.38. The van der Waals surface area contributed by atoms with Crippen molar-refractivity contribution in [2.75, 3.05) is 0 Å². The van der Waals surface area contributed by atoms with E-state index in [9.17, 15) is 5.11 Å². The van der Waals surface area contributed by atoms with Crippen molar-refractivity contribution in [1.82, 2.24) is 4.98 Å². The molecule has 0 bridgehead atoms. The number of nitrogens with zero attached hydrogens (tertiary/aromatic N) is 1. The van der Waals surface area contributed by atoms with E-state index in [1.807, 2.05) is 24.3 Å². The summed E-state index contributed by atoms with van der Waals surface area (Å²) >= 11 is 0. The van der Waals surface area contributed by atoms with Crippen molar-refractivity contribution >= 4 is 21.8 Å².